The van der Waals surface area contributed by atoms with Crippen LogP contribution in [0.25, 0.3) is 0 Å². The van der Waals surface area contributed by atoms with Crippen molar-refractivity contribution in [1.82, 2.24) is 10.2 Å². The fourth-order valence-corrected chi connectivity index (χ4v) is 3.32. The van der Waals surface area contributed by atoms with E-state index in [2.05, 4.69) is 31.4 Å². The Kier molecular flexibility index (Phi) is 4.12. The van der Waals surface area contributed by atoms with E-state index in [0.29, 0.717) is 23.9 Å². The summed E-state index contributed by atoms with van der Waals surface area (Å²) in [5, 5.41) is 12.6. The van der Waals surface area contributed by atoms with Crippen LogP contribution in [-0.2, 0) is 11.2 Å². The number of amides is 1. The Morgan fingerprint density at radius 1 is 1.35 bits per heavy atom. The molecule has 1 amide bonds. The maximum absolute atomic E-state index is 11.9. The lowest BCUT2D eigenvalue weighted by molar-refractivity contribution is -0.116. The van der Waals surface area contributed by atoms with Gasteiger partial charge in [0.15, 0.2) is 0 Å². The summed E-state index contributed by atoms with van der Waals surface area (Å²) in [4.78, 5) is 11.9. The molecule has 2 aromatic rings. The minimum atomic E-state index is -0.0146. The molecule has 4 nitrogen and oxygen atoms in total. The number of anilines is 1. The van der Waals surface area contributed by atoms with Crippen LogP contribution in [0.15, 0.2) is 28.7 Å². The lowest BCUT2D eigenvalue weighted by Crippen LogP contribution is -2.12. The normalized spacial score (nSPS) is 14.2. The molecule has 0 spiro atoms. The third-order valence-corrected chi connectivity index (χ3v) is 4.97. The lowest BCUT2D eigenvalue weighted by atomic mass is 10.1. The number of benzene rings is 1. The van der Waals surface area contributed by atoms with Crippen molar-refractivity contribution in [3.8, 4) is 0 Å². The SMILES string of the molecule is O=C(CCc1ccccc1Br)Nc1nnc(C2CC2)s1. The summed E-state index contributed by atoms with van der Waals surface area (Å²) in [5.41, 5.74) is 1.14. The van der Waals surface area contributed by atoms with E-state index in [0.717, 1.165) is 15.0 Å². The van der Waals surface area contributed by atoms with Crippen LogP contribution in [0, 0.1) is 0 Å². The zero-order valence-electron chi connectivity index (χ0n) is 10.8. The van der Waals surface area contributed by atoms with Gasteiger partial charge in [-0.3, -0.25) is 4.79 Å². The molecular formula is C14H14BrN3OS. The summed E-state index contributed by atoms with van der Waals surface area (Å²) in [7, 11) is 0. The van der Waals surface area contributed by atoms with Crippen molar-refractivity contribution < 1.29 is 4.79 Å². The Hall–Kier alpha value is -1.27. The Balaban J connectivity index is 1.52. The second-order valence-electron chi connectivity index (χ2n) is 4.86. The van der Waals surface area contributed by atoms with Gasteiger partial charge in [-0.2, -0.15) is 0 Å². The maximum atomic E-state index is 11.9. The molecule has 0 radical (unpaired) electrons. The number of aryl methyl sites for hydroxylation is 1. The number of carbonyl (C=O) groups excluding carboxylic acids is 1. The number of nitrogens with zero attached hydrogens (tertiary/aromatic N) is 2. The zero-order valence-corrected chi connectivity index (χ0v) is 13.2. The van der Waals surface area contributed by atoms with Gasteiger partial charge in [0.2, 0.25) is 11.0 Å². The van der Waals surface area contributed by atoms with Gasteiger partial charge in [0.1, 0.15) is 5.01 Å². The Morgan fingerprint density at radius 3 is 2.90 bits per heavy atom. The topological polar surface area (TPSA) is 54.9 Å². The number of carbonyl (C=O) groups is 1. The first-order valence-electron chi connectivity index (χ1n) is 6.59. The van der Waals surface area contributed by atoms with Crippen LogP contribution in [0.4, 0.5) is 5.13 Å². The molecule has 0 bridgehead atoms. The molecule has 6 heteroatoms. The lowest BCUT2D eigenvalue weighted by Gasteiger charge is -2.03. The Labute approximate surface area is 129 Å². The van der Waals surface area contributed by atoms with Crippen LogP contribution >= 0.6 is 27.3 Å². The van der Waals surface area contributed by atoms with Crippen molar-refractivity contribution >= 4 is 38.3 Å². The Morgan fingerprint density at radius 2 is 2.15 bits per heavy atom. The predicted octanol–water partition coefficient (Wildman–Crippen LogP) is 3.75. The van der Waals surface area contributed by atoms with Crippen molar-refractivity contribution in [2.24, 2.45) is 0 Å². The molecule has 1 aliphatic rings. The monoisotopic (exact) mass is 351 g/mol. The predicted molar refractivity (Wildman–Crippen MR) is 83.0 cm³/mol. The molecule has 0 saturated heterocycles. The molecule has 0 atom stereocenters. The first kappa shape index (κ1) is 13.7. The van der Waals surface area contributed by atoms with Crippen molar-refractivity contribution in [3.63, 3.8) is 0 Å². The molecular weight excluding hydrogens is 338 g/mol. The van der Waals surface area contributed by atoms with Gasteiger partial charge in [0, 0.05) is 16.8 Å². The van der Waals surface area contributed by atoms with Gasteiger partial charge in [-0.05, 0) is 30.9 Å². The van der Waals surface area contributed by atoms with Gasteiger partial charge in [0.25, 0.3) is 0 Å². The summed E-state index contributed by atoms with van der Waals surface area (Å²) < 4.78 is 1.04. The molecule has 1 saturated carbocycles. The highest BCUT2D eigenvalue weighted by Crippen LogP contribution is 2.42. The van der Waals surface area contributed by atoms with E-state index in [4.69, 9.17) is 0 Å². The van der Waals surface area contributed by atoms with Crippen LogP contribution in [0.1, 0.15) is 35.8 Å². The maximum Gasteiger partial charge on any atom is 0.226 e. The average molecular weight is 352 g/mol. The highest BCUT2D eigenvalue weighted by atomic mass is 79.9. The van der Waals surface area contributed by atoms with Crippen molar-refractivity contribution in [3.05, 3.63) is 39.3 Å². The summed E-state index contributed by atoms with van der Waals surface area (Å²) in [6.07, 6.45) is 3.55. The molecule has 1 N–H and O–H groups in total. The molecule has 1 heterocycles. The highest BCUT2D eigenvalue weighted by molar-refractivity contribution is 9.10. The van der Waals surface area contributed by atoms with Gasteiger partial charge >= 0.3 is 0 Å². The summed E-state index contributed by atoms with van der Waals surface area (Å²) in [5.74, 6) is 0.567. The summed E-state index contributed by atoms with van der Waals surface area (Å²) >= 11 is 4.98. The quantitative estimate of drug-likeness (QED) is 0.892. The minimum Gasteiger partial charge on any atom is -0.301 e. The number of nitrogens with one attached hydrogen (secondary N) is 1. The second-order valence-corrected chi connectivity index (χ2v) is 6.72. The van der Waals surface area contributed by atoms with Crippen LogP contribution in [0.2, 0.25) is 0 Å². The molecule has 0 aliphatic heterocycles. The first-order valence-corrected chi connectivity index (χ1v) is 8.20. The minimum absolute atomic E-state index is 0.0146. The molecule has 3 rings (SSSR count). The fraction of sp³-hybridized carbons (Fsp3) is 0.357. The van der Waals surface area contributed by atoms with Gasteiger partial charge in [0.05, 0.1) is 0 Å². The van der Waals surface area contributed by atoms with Gasteiger partial charge < -0.3 is 5.32 Å². The molecule has 0 unspecified atom stereocenters. The molecule has 1 fully saturated rings. The highest BCUT2D eigenvalue weighted by Gasteiger charge is 2.27. The van der Waals surface area contributed by atoms with Crippen LogP contribution in [0.5, 0.6) is 0 Å². The number of halogens is 1. The van der Waals surface area contributed by atoms with Crippen molar-refractivity contribution in [2.75, 3.05) is 5.32 Å². The smallest absolute Gasteiger partial charge is 0.226 e. The van der Waals surface area contributed by atoms with E-state index in [1.807, 2.05) is 24.3 Å². The van der Waals surface area contributed by atoms with E-state index in [9.17, 15) is 4.79 Å². The summed E-state index contributed by atoms with van der Waals surface area (Å²) in [6, 6.07) is 7.95. The van der Waals surface area contributed by atoms with Gasteiger partial charge in [-0.15, -0.1) is 10.2 Å². The fourth-order valence-electron chi connectivity index (χ4n) is 1.91. The van der Waals surface area contributed by atoms with Crippen LogP contribution in [0.3, 0.4) is 0 Å². The zero-order chi connectivity index (χ0) is 13.9. The summed E-state index contributed by atoms with van der Waals surface area (Å²) in [6.45, 7) is 0. The van der Waals surface area contributed by atoms with Crippen LogP contribution in [-0.4, -0.2) is 16.1 Å². The van der Waals surface area contributed by atoms with E-state index in [1.54, 1.807) is 0 Å². The third kappa shape index (κ3) is 3.43. The number of hydrogen-bond donors (Lipinski definition) is 1. The molecule has 104 valence electrons. The van der Waals surface area contributed by atoms with Crippen LogP contribution < -0.4 is 5.32 Å². The van der Waals surface area contributed by atoms with Gasteiger partial charge in [-0.25, -0.2) is 0 Å². The molecule has 20 heavy (non-hydrogen) atoms. The molecule has 1 aliphatic carbocycles. The number of hydrogen-bond acceptors (Lipinski definition) is 4. The van der Waals surface area contributed by atoms with E-state index < -0.39 is 0 Å². The van der Waals surface area contributed by atoms with Crippen molar-refractivity contribution in [1.29, 1.82) is 0 Å². The number of aromatic nitrogens is 2. The van der Waals surface area contributed by atoms with E-state index >= 15 is 0 Å². The van der Waals surface area contributed by atoms with E-state index in [-0.39, 0.29) is 5.91 Å². The standard InChI is InChI=1S/C14H14BrN3OS/c15-11-4-2-1-3-9(11)7-8-12(19)16-14-18-17-13(20-14)10-5-6-10/h1-4,10H,5-8H2,(H,16,18,19). The third-order valence-electron chi connectivity index (χ3n) is 3.19. The van der Waals surface area contributed by atoms with Crippen molar-refractivity contribution in [2.45, 2.75) is 31.6 Å². The number of rotatable bonds is 5. The molecule has 1 aromatic heterocycles. The second kappa shape index (κ2) is 6.01. The molecule has 1 aromatic carbocycles. The average Bonchev–Trinajstić information content (AvgIpc) is 3.19. The first-order chi connectivity index (χ1) is 9.72. The Bertz CT molecular complexity index is 624. The van der Waals surface area contributed by atoms with Gasteiger partial charge in [-0.1, -0.05) is 45.5 Å². The van der Waals surface area contributed by atoms with E-state index in [1.165, 1.54) is 24.2 Å². The largest absolute Gasteiger partial charge is 0.301 e.